The van der Waals surface area contributed by atoms with Crippen molar-refractivity contribution in [1.29, 1.82) is 0 Å². The Morgan fingerprint density at radius 3 is 2.63 bits per heavy atom. The van der Waals surface area contributed by atoms with Crippen molar-refractivity contribution >= 4 is 39.2 Å². The van der Waals surface area contributed by atoms with Gasteiger partial charge in [0.15, 0.2) is 6.10 Å². The third kappa shape index (κ3) is 5.25. The summed E-state index contributed by atoms with van der Waals surface area (Å²) in [5.74, 6) is 0. The summed E-state index contributed by atoms with van der Waals surface area (Å²) in [6.07, 6.45) is -7.39. The van der Waals surface area contributed by atoms with Crippen LogP contribution in [-0.4, -0.2) is 30.0 Å². The highest BCUT2D eigenvalue weighted by atomic mass is 79.9. The number of aliphatic hydroxyl groups is 1. The van der Waals surface area contributed by atoms with Gasteiger partial charge >= 0.3 is 12.2 Å². The fourth-order valence-corrected chi connectivity index (χ4v) is 1.78. The summed E-state index contributed by atoms with van der Waals surface area (Å²) >= 11 is 8.97. The minimum Gasteiger partial charge on any atom is -0.382 e. The van der Waals surface area contributed by atoms with Gasteiger partial charge in [-0.2, -0.15) is 13.2 Å². The lowest BCUT2D eigenvalue weighted by molar-refractivity contribution is -0.201. The third-order valence-corrected chi connectivity index (χ3v) is 2.82. The van der Waals surface area contributed by atoms with Crippen LogP contribution >= 0.6 is 27.5 Å². The van der Waals surface area contributed by atoms with Gasteiger partial charge in [0.05, 0.1) is 17.3 Å². The van der Waals surface area contributed by atoms with Crippen molar-refractivity contribution < 1.29 is 23.1 Å². The molecule has 0 saturated heterocycles. The van der Waals surface area contributed by atoms with Crippen molar-refractivity contribution in [2.45, 2.75) is 12.3 Å². The van der Waals surface area contributed by atoms with Crippen LogP contribution in [-0.2, 0) is 0 Å². The van der Waals surface area contributed by atoms with Crippen LogP contribution in [0.4, 0.5) is 23.7 Å². The maximum Gasteiger partial charge on any atom is 0.416 e. The first-order valence-electron chi connectivity index (χ1n) is 4.95. The maximum atomic E-state index is 12.0. The first-order chi connectivity index (χ1) is 8.70. The van der Waals surface area contributed by atoms with Crippen LogP contribution in [0.3, 0.4) is 0 Å². The molecule has 0 bridgehead atoms. The summed E-state index contributed by atoms with van der Waals surface area (Å²) in [6, 6.07) is 3.70. The zero-order valence-corrected chi connectivity index (χ0v) is 11.6. The number of benzene rings is 1. The molecule has 4 nitrogen and oxygen atoms in total. The lowest BCUT2D eigenvalue weighted by Crippen LogP contribution is -2.42. The highest BCUT2D eigenvalue weighted by Crippen LogP contribution is 2.25. The van der Waals surface area contributed by atoms with Gasteiger partial charge in [-0.15, -0.1) is 0 Å². The van der Waals surface area contributed by atoms with Crippen molar-refractivity contribution in [3.05, 3.63) is 27.7 Å². The maximum absolute atomic E-state index is 12.0. The molecule has 0 aliphatic rings. The van der Waals surface area contributed by atoms with Crippen molar-refractivity contribution in [2.24, 2.45) is 0 Å². The molecule has 3 N–H and O–H groups in total. The molecule has 0 unspecified atom stereocenters. The number of hydrogen-bond acceptors (Lipinski definition) is 2. The van der Waals surface area contributed by atoms with Crippen LogP contribution < -0.4 is 10.6 Å². The quantitative estimate of drug-likeness (QED) is 0.774. The van der Waals surface area contributed by atoms with Gasteiger partial charge < -0.3 is 15.7 Å². The Hall–Kier alpha value is -0.990. The van der Waals surface area contributed by atoms with E-state index in [0.29, 0.717) is 4.47 Å². The van der Waals surface area contributed by atoms with Crippen LogP contribution in [0.1, 0.15) is 0 Å². The zero-order valence-electron chi connectivity index (χ0n) is 9.26. The molecular weight excluding hydrogens is 352 g/mol. The number of anilines is 1. The molecule has 1 rings (SSSR count). The first-order valence-corrected chi connectivity index (χ1v) is 6.12. The second-order valence-corrected chi connectivity index (χ2v) is 4.84. The molecule has 0 aromatic heterocycles. The molecule has 0 aliphatic carbocycles. The third-order valence-electron chi connectivity index (χ3n) is 2.01. The Kier molecular flexibility index (Phi) is 5.45. The van der Waals surface area contributed by atoms with E-state index in [-0.39, 0.29) is 10.7 Å². The largest absolute Gasteiger partial charge is 0.416 e. The minimum absolute atomic E-state index is 0.223. The van der Waals surface area contributed by atoms with Gasteiger partial charge in [0.1, 0.15) is 0 Å². The summed E-state index contributed by atoms with van der Waals surface area (Å²) in [6.45, 7) is -0.941. The van der Waals surface area contributed by atoms with Crippen molar-refractivity contribution in [1.82, 2.24) is 5.32 Å². The molecule has 1 aromatic carbocycles. The lowest BCUT2D eigenvalue weighted by atomic mass is 10.3. The van der Waals surface area contributed by atoms with E-state index < -0.39 is 24.9 Å². The van der Waals surface area contributed by atoms with Crippen LogP contribution in [0.5, 0.6) is 0 Å². The number of alkyl halides is 3. The Balaban J connectivity index is 2.52. The summed E-state index contributed by atoms with van der Waals surface area (Å²) in [4.78, 5) is 11.3. The Labute approximate surface area is 120 Å². The van der Waals surface area contributed by atoms with Gasteiger partial charge in [-0.1, -0.05) is 27.5 Å². The molecule has 0 saturated carbocycles. The SMILES string of the molecule is O=C(NC[C@H](O)C(F)(F)F)Nc1ccc(Br)cc1Cl. The summed E-state index contributed by atoms with van der Waals surface area (Å²) in [5, 5.41) is 13.1. The molecule has 0 heterocycles. The van der Waals surface area contributed by atoms with E-state index in [1.165, 1.54) is 12.1 Å². The zero-order chi connectivity index (χ0) is 14.6. The number of rotatable bonds is 3. The molecule has 0 radical (unpaired) electrons. The van der Waals surface area contributed by atoms with Crippen molar-refractivity contribution in [3.63, 3.8) is 0 Å². The van der Waals surface area contributed by atoms with Crippen molar-refractivity contribution in [3.8, 4) is 0 Å². The first kappa shape index (κ1) is 16.1. The molecule has 9 heteroatoms. The van der Waals surface area contributed by atoms with E-state index in [4.69, 9.17) is 16.7 Å². The molecule has 1 aromatic rings. The highest BCUT2D eigenvalue weighted by molar-refractivity contribution is 9.10. The molecule has 19 heavy (non-hydrogen) atoms. The van der Waals surface area contributed by atoms with Gasteiger partial charge in [-0.25, -0.2) is 4.79 Å². The topological polar surface area (TPSA) is 61.4 Å². The fraction of sp³-hybridized carbons (Fsp3) is 0.300. The van der Waals surface area contributed by atoms with Crippen LogP contribution in [0.15, 0.2) is 22.7 Å². The lowest BCUT2D eigenvalue weighted by Gasteiger charge is -2.15. The van der Waals surface area contributed by atoms with E-state index in [9.17, 15) is 18.0 Å². The molecule has 106 valence electrons. The normalized spacial score (nSPS) is 12.9. The van der Waals surface area contributed by atoms with Crippen LogP contribution in [0.2, 0.25) is 5.02 Å². The number of carbonyl (C=O) groups excluding carboxylic acids is 1. The number of aliphatic hydroxyl groups excluding tert-OH is 1. The molecule has 0 spiro atoms. The van der Waals surface area contributed by atoms with E-state index in [1.807, 2.05) is 5.32 Å². The van der Waals surface area contributed by atoms with Gasteiger partial charge in [0.25, 0.3) is 0 Å². The standard InChI is InChI=1S/C10H9BrClF3N2O2/c11-5-1-2-7(6(12)3-5)17-9(19)16-4-8(18)10(13,14)15/h1-3,8,18H,4H2,(H2,16,17,19)/t8-/m0/s1. The number of halogens is 5. The molecule has 0 fully saturated rings. The smallest absolute Gasteiger partial charge is 0.382 e. The van der Waals surface area contributed by atoms with E-state index in [0.717, 1.165) is 0 Å². The Morgan fingerprint density at radius 2 is 2.11 bits per heavy atom. The predicted octanol–water partition coefficient (Wildman–Crippen LogP) is 3.15. The van der Waals surface area contributed by atoms with Gasteiger partial charge in [-0.3, -0.25) is 0 Å². The van der Waals surface area contributed by atoms with Gasteiger partial charge in [0.2, 0.25) is 0 Å². The predicted molar refractivity (Wildman–Crippen MR) is 68.2 cm³/mol. The summed E-state index contributed by atoms with van der Waals surface area (Å²) in [5.41, 5.74) is 0.240. The monoisotopic (exact) mass is 360 g/mol. The molecule has 0 aliphatic heterocycles. The molecular formula is C10H9BrClF3N2O2. The number of amides is 2. The summed E-state index contributed by atoms with van der Waals surface area (Å²) in [7, 11) is 0. The van der Waals surface area contributed by atoms with E-state index in [2.05, 4.69) is 21.2 Å². The number of urea groups is 1. The van der Waals surface area contributed by atoms with Crippen LogP contribution in [0, 0.1) is 0 Å². The van der Waals surface area contributed by atoms with E-state index >= 15 is 0 Å². The number of carbonyl (C=O) groups is 1. The van der Waals surface area contributed by atoms with Gasteiger partial charge in [-0.05, 0) is 18.2 Å². The van der Waals surface area contributed by atoms with Crippen molar-refractivity contribution in [2.75, 3.05) is 11.9 Å². The number of nitrogens with one attached hydrogen (secondary N) is 2. The average molecular weight is 362 g/mol. The second kappa shape index (κ2) is 6.44. The van der Waals surface area contributed by atoms with Gasteiger partial charge in [0, 0.05) is 4.47 Å². The Morgan fingerprint density at radius 1 is 1.47 bits per heavy atom. The van der Waals surface area contributed by atoms with Crippen LogP contribution in [0.25, 0.3) is 0 Å². The molecule has 1 atom stereocenters. The average Bonchev–Trinajstić information content (AvgIpc) is 2.28. The Bertz CT molecular complexity index is 471. The number of hydrogen-bond donors (Lipinski definition) is 3. The second-order valence-electron chi connectivity index (χ2n) is 3.52. The highest BCUT2D eigenvalue weighted by Gasteiger charge is 2.38. The molecule has 2 amide bonds. The fourth-order valence-electron chi connectivity index (χ4n) is 1.06. The summed E-state index contributed by atoms with van der Waals surface area (Å²) < 4.78 is 36.7. The van der Waals surface area contributed by atoms with E-state index in [1.54, 1.807) is 6.07 Å². The minimum atomic E-state index is -4.78.